The molecule has 2 fully saturated rings. The molecule has 156 valence electrons. The molecule has 1 N–H and O–H groups in total. The molecule has 29 heavy (non-hydrogen) atoms. The average Bonchev–Trinajstić information content (AvgIpc) is 3.45. The van der Waals surface area contributed by atoms with Crippen molar-refractivity contribution in [2.75, 3.05) is 39.3 Å². The molecule has 1 aromatic carbocycles. The summed E-state index contributed by atoms with van der Waals surface area (Å²) in [6.07, 6.45) is 2.24. The molecule has 2 heterocycles. The number of carbonyl (C=O) groups is 1. The van der Waals surface area contributed by atoms with Crippen LogP contribution in [0.4, 0.5) is 0 Å². The van der Waals surface area contributed by atoms with Crippen molar-refractivity contribution >= 4 is 18.1 Å². The summed E-state index contributed by atoms with van der Waals surface area (Å²) in [6, 6.07) is 8.05. The zero-order valence-corrected chi connectivity index (χ0v) is 17.5. The van der Waals surface area contributed by atoms with Gasteiger partial charge in [-0.25, -0.2) is 4.68 Å². The second-order valence-corrected chi connectivity index (χ2v) is 7.86. The summed E-state index contributed by atoms with van der Waals surface area (Å²) in [6.45, 7) is 7.10. The van der Waals surface area contributed by atoms with Gasteiger partial charge in [-0.1, -0.05) is 0 Å². The lowest BCUT2D eigenvalue weighted by atomic mass is 10.2. The first-order valence-corrected chi connectivity index (χ1v) is 10.6. The largest absolute Gasteiger partial charge is 0.494 e. The van der Waals surface area contributed by atoms with E-state index in [9.17, 15) is 4.79 Å². The maximum absolute atomic E-state index is 12.0. The lowest BCUT2D eigenvalue weighted by molar-refractivity contribution is -0.122. The number of rotatable bonds is 8. The third-order valence-electron chi connectivity index (χ3n) is 5.13. The van der Waals surface area contributed by atoms with Crippen molar-refractivity contribution in [1.82, 2.24) is 24.9 Å². The first-order chi connectivity index (χ1) is 14.1. The molecule has 1 aliphatic carbocycles. The number of benzene rings is 1. The van der Waals surface area contributed by atoms with Gasteiger partial charge in [0, 0.05) is 37.8 Å². The third-order valence-corrected chi connectivity index (χ3v) is 5.42. The van der Waals surface area contributed by atoms with Gasteiger partial charge in [-0.15, -0.1) is 5.10 Å². The van der Waals surface area contributed by atoms with Crippen LogP contribution in [0, 0.1) is 4.84 Å². The van der Waals surface area contributed by atoms with Gasteiger partial charge in [0.25, 0.3) is 4.84 Å². The van der Waals surface area contributed by atoms with E-state index in [0.717, 1.165) is 50.3 Å². The van der Waals surface area contributed by atoms with Crippen LogP contribution in [0.3, 0.4) is 0 Å². The summed E-state index contributed by atoms with van der Waals surface area (Å²) in [7, 11) is 0. The second kappa shape index (κ2) is 9.06. The SMILES string of the molecule is CCOc1ccc(-c2nn(CN3CCN(CC(=O)NC4CC4)CC3)c(=S)o2)cc1. The molecule has 2 aromatic rings. The number of hydrogen-bond donors (Lipinski definition) is 1. The fraction of sp³-hybridized carbons (Fsp3) is 0.550. The van der Waals surface area contributed by atoms with Gasteiger partial charge in [0.15, 0.2) is 0 Å². The molecule has 0 unspecified atom stereocenters. The van der Waals surface area contributed by atoms with E-state index in [2.05, 4.69) is 20.2 Å². The highest BCUT2D eigenvalue weighted by Gasteiger charge is 2.25. The van der Waals surface area contributed by atoms with Crippen LogP contribution < -0.4 is 10.1 Å². The Hall–Kier alpha value is -2.23. The van der Waals surface area contributed by atoms with Crippen LogP contribution in [0.15, 0.2) is 28.7 Å². The van der Waals surface area contributed by atoms with Crippen molar-refractivity contribution in [2.24, 2.45) is 0 Å². The molecule has 1 saturated carbocycles. The van der Waals surface area contributed by atoms with Crippen LogP contribution in [-0.2, 0) is 11.5 Å². The first kappa shape index (κ1) is 20.1. The summed E-state index contributed by atoms with van der Waals surface area (Å²) in [5.41, 5.74) is 0.866. The fourth-order valence-electron chi connectivity index (χ4n) is 3.36. The number of ether oxygens (including phenoxy) is 1. The second-order valence-electron chi connectivity index (χ2n) is 7.51. The standard InChI is InChI=1S/C20H27N5O3S/c1-2-27-17-7-3-15(4-8-17)19-22-25(20(29)28-19)14-24-11-9-23(10-12-24)13-18(26)21-16-5-6-16/h3-4,7-8,16H,2,5-6,9-14H2,1H3,(H,21,26). The van der Waals surface area contributed by atoms with Gasteiger partial charge in [0.1, 0.15) is 5.75 Å². The van der Waals surface area contributed by atoms with E-state index >= 15 is 0 Å². The van der Waals surface area contributed by atoms with E-state index in [1.54, 1.807) is 4.68 Å². The van der Waals surface area contributed by atoms with Crippen molar-refractivity contribution < 1.29 is 13.9 Å². The molecule has 0 radical (unpaired) electrons. The van der Waals surface area contributed by atoms with Gasteiger partial charge in [0.2, 0.25) is 11.8 Å². The molecule has 0 atom stereocenters. The molecular weight excluding hydrogens is 390 g/mol. The minimum atomic E-state index is 0.139. The molecule has 1 aliphatic heterocycles. The highest BCUT2D eigenvalue weighted by molar-refractivity contribution is 7.71. The van der Waals surface area contributed by atoms with E-state index < -0.39 is 0 Å². The van der Waals surface area contributed by atoms with Crippen molar-refractivity contribution in [3.8, 4) is 17.2 Å². The molecule has 4 rings (SSSR count). The Balaban J connectivity index is 1.30. The Morgan fingerprint density at radius 1 is 1.21 bits per heavy atom. The van der Waals surface area contributed by atoms with Gasteiger partial charge in [-0.2, -0.15) is 0 Å². The van der Waals surface area contributed by atoms with Gasteiger partial charge >= 0.3 is 0 Å². The predicted octanol–water partition coefficient (Wildman–Crippen LogP) is 2.12. The average molecular weight is 418 g/mol. The Kier molecular flexibility index (Phi) is 6.27. The van der Waals surface area contributed by atoms with Crippen molar-refractivity contribution in [3.05, 3.63) is 29.1 Å². The Bertz CT molecular complexity index is 882. The molecule has 1 saturated heterocycles. The van der Waals surface area contributed by atoms with E-state index in [1.165, 1.54) is 0 Å². The topological polar surface area (TPSA) is 75.8 Å². The number of aromatic nitrogens is 2. The number of nitrogens with zero attached hydrogens (tertiary/aromatic N) is 4. The summed E-state index contributed by atoms with van der Waals surface area (Å²) in [4.78, 5) is 16.8. The minimum Gasteiger partial charge on any atom is -0.494 e. The van der Waals surface area contributed by atoms with Crippen molar-refractivity contribution in [2.45, 2.75) is 32.5 Å². The van der Waals surface area contributed by atoms with Crippen LogP contribution in [-0.4, -0.2) is 70.9 Å². The van der Waals surface area contributed by atoms with Crippen molar-refractivity contribution in [1.29, 1.82) is 0 Å². The molecule has 2 aliphatic rings. The molecule has 1 aromatic heterocycles. The molecule has 9 heteroatoms. The molecule has 0 bridgehead atoms. The van der Waals surface area contributed by atoms with E-state index in [1.807, 2.05) is 31.2 Å². The lowest BCUT2D eigenvalue weighted by Gasteiger charge is -2.33. The van der Waals surface area contributed by atoms with Crippen LogP contribution in [0.2, 0.25) is 0 Å². The molecule has 0 spiro atoms. The summed E-state index contributed by atoms with van der Waals surface area (Å²) in [5, 5.41) is 7.59. The van der Waals surface area contributed by atoms with Crippen LogP contribution in [0.5, 0.6) is 5.75 Å². The Labute approximate surface area is 175 Å². The van der Waals surface area contributed by atoms with E-state index in [-0.39, 0.29) is 5.91 Å². The summed E-state index contributed by atoms with van der Waals surface area (Å²) < 4.78 is 12.9. The van der Waals surface area contributed by atoms with Gasteiger partial charge in [0.05, 0.1) is 19.8 Å². The quantitative estimate of drug-likeness (QED) is 0.660. The Morgan fingerprint density at radius 2 is 1.90 bits per heavy atom. The minimum absolute atomic E-state index is 0.139. The fourth-order valence-corrected chi connectivity index (χ4v) is 3.53. The zero-order valence-electron chi connectivity index (χ0n) is 16.7. The number of amides is 1. The normalized spacial score (nSPS) is 18.0. The van der Waals surface area contributed by atoms with Gasteiger partial charge < -0.3 is 14.5 Å². The monoisotopic (exact) mass is 417 g/mol. The highest BCUT2D eigenvalue weighted by atomic mass is 32.1. The maximum Gasteiger partial charge on any atom is 0.288 e. The highest BCUT2D eigenvalue weighted by Crippen LogP contribution is 2.22. The summed E-state index contributed by atoms with van der Waals surface area (Å²) in [5.74, 6) is 1.46. The molecule has 8 nitrogen and oxygen atoms in total. The van der Waals surface area contributed by atoms with E-state index in [0.29, 0.717) is 36.6 Å². The van der Waals surface area contributed by atoms with Gasteiger partial charge in [-0.05, 0) is 56.2 Å². The number of piperazine rings is 1. The van der Waals surface area contributed by atoms with Gasteiger partial charge in [-0.3, -0.25) is 14.6 Å². The number of nitrogens with one attached hydrogen (secondary N) is 1. The van der Waals surface area contributed by atoms with Crippen LogP contribution in [0.25, 0.3) is 11.5 Å². The predicted molar refractivity (Wildman–Crippen MR) is 111 cm³/mol. The maximum atomic E-state index is 12.0. The molecular formula is C20H27N5O3S. The van der Waals surface area contributed by atoms with E-state index in [4.69, 9.17) is 21.4 Å². The third kappa shape index (κ3) is 5.43. The zero-order chi connectivity index (χ0) is 20.2. The van der Waals surface area contributed by atoms with Crippen LogP contribution in [0.1, 0.15) is 19.8 Å². The Morgan fingerprint density at radius 3 is 2.55 bits per heavy atom. The smallest absolute Gasteiger partial charge is 0.288 e. The molecule has 1 amide bonds. The first-order valence-electron chi connectivity index (χ1n) is 10.2. The van der Waals surface area contributed by atoms with Crippen LogP contribution >= 0.6 is 12.2 Å². The number of hydrogen-bond acceptors (Lipinski definition) is 7. The summed E-state index contributed by atoms with van der Waals surface area (Å²) >= 11 is 5.35. The van der Waals surface area contributed by atoms with Crippen molar-refractivity contribution in [3.63, 3.8) is 0 Å². The lowest BCUT2D eigenvalue weighted by Crippen LogP contribution is -2.49. The number of carbonyl (C=O) groups excluding carboxylic acids is 1.